The molecule has 3 aromatic rings. The van der Waals surface area contributed by atoms with Gasteiger partial charge in [0, 0.05) is 11.6 Å². The molecule has 3 rings (SSSR count). The predicted molar refractivity (Wildman–Crippen MR) is 90.3 cm³/mol. The van der Waals surface area contributed by atoms with Crippen LogP contribution in [0, 0.1) is 11.3 Å². The van der Waals surface area contributed by atoms with Crippen molar-refractivity contribution in [2.45, 2.75) is 4.90 Å². The highest BCUT2D eigenvalue weighted by Crippen LogP contribution is 2.30. The van der Waals surface area contributed by atoms with E-state index in [0.29, 0.717) is 16.7 Å². The first-order chi connectivity index (χ1) is 11.6. The van der Waals surface area contributed by atoms with Crippen molar-refractivity contribution in [1.29, 1.82) is 5.26 Å². The number of pyridine rings is 1. The molecule has 1 N–H and O–H groups in total. The molecule has 0 aliphatic heterocycles. The molecule has 0 fully saturated rings. The third kappa shape index (κ3) is 2.75. The molecule has 2 aromatic carbocycles. The van der Waals surface area contributed by atoms with Crippen molar-refractivity contribution in [2.24, 2.45) is 0 Å². The van der Waals surface area contributed by atoms with E-state index in [1.165, 1.54) is 13.2 Å². The lowest BCUT2D eigenvalue weighted by Gasteiger charge is -2.12. The Labute approximate surface area is 139 Å². The third-order valence-corrected chi connectivity index (χ3v) is 4.92. The summed E-state index contributed by atoms with van der Waals surface area (Å²) in [5.74, 6) is 0.488. The molecule has 1 heterocycles. The molecule has 0 unspecified atom stereocenters. The van der Waals surface area contributed by atoms with Crippen LogP contribution in [0.5, 0.6) is 5.75 Å². The Morgan fingerprint density at radius 1 is 1.12 bits per heavy atom. The summed E-state index contributed by atoms with van der Waals surface area (Å²) in [6.45, 7) is 0. The first-order valence-corrected chi connectivity index (χ1v) is 8.49. The number of benzene rings is 2. The van der Waals surface area contributed by atoms with E-state index in [4.69, 9.17) is 10.00 Å². The largest absolute Gasteiger partial charge is 0.494 e. The Hall–Kier alpha value is -3.11. The fourth-order valence-electron chi connectivity index (χ4n) is 2.39. The van der Waals surface area contributed by atoms with Crippen molar-refractivity contribution < 1.29 is 13.2 Å². The van der Waals surface area contributed by atoms with Gasteiger partial charge in [-0.05, 0) is 36.4 Å². The van der Waals surface area contributed by atoms with Gasteiger partial charge in [0.1, 0.15) is 17.3 Å². The van der Waals surface area contributed by atoms with Gasteiger partial charge in [-0.15, -0.1) is 0 Å². The lowest BCUT2D eigenvalue weighted by atomic mass is 10.2. The molecule has 0 atom stereocenters. The number of methoxy groups -OCH3 is 1. The Bertz CT molecular complexity index is 1060. The van der Waals surface area contributed by atoms with Gasteiger partial charge in [-0.2, -0.15) is 5.26 Å². The molecule has 0 aliphatic rings. The Morgan fingerprint density at radius 2 is 1.92 bits per heavy atom. The highest BCUT2D eigenvalue weighted by molar-refractivity contribution is 7.93. The van der Waals surface area contributed by atoms with Gasteiger partial charge in [0.2, 0.25) is 0 Å². The first-order valence-electron chi connectivity index (χ1n) is 7.00. The lowest BCUT2D eigenvalue weighted by Crippen LogP contribution is -2.14. The fraction of sp³-hybridized carbons (Fsp3) is 0.0588. The van der Waals surface area contributed by atoms with Gasteiger partial charge in [0.05, 0.1) is 23.3 Å². The van der Waals surface area contributed by atoms with Crippen LogP contribution >= 0.6 is 0 Å². The van der Waals surface area contributed by atoms with Crippen LogP contribution in [0.25, 0.3) is 10.9 Å². The number of anilines is 1. The molecule has 6 nitrogen and oxygen atoms in total. The SMILES string of the molecule is COc1ccc(S(=O)(=O)Nc2ccccc2C#N)c2cccnc12. The summed E-state index contributed by atoms with van der Waals surface area (Å²) in [5, 5.41) is 9.56. The minimum absolute atomic E-state index is 0.0687. The minimum Gasteiger partial charge on any atom is -0.494 e. The number of nitrogens with zero attached hydrogens (tertiary/aromatic N) is 2. The molecular formula is C17H13N3O3S. The van der Waals surface area contributed by atoms with Crippen LogP contribution in [0.3, 0.4) is 0 Å². The summed E-state index contributed by atoms with van der Waals surface area (Å²) >= 11 is 0. The van der Waals surface area contributed by atoms with Gasteiger partial charge >= 0.3 is 0 Å². The summed E-state index contributed by atoms with van der Waals surface area (Å²) in [6, 6.07) is 14.7. The number of para-hydroxylation sites is 1. The number of rotatable bonds is 4. The van der Waals surface area contributed by atoms with Gasteiger partial charge in [0.25, 0.3) is 10.0 Å². The molecule has 1 aromatic heterocycles. The van der Waals surface area contributed by atoms with Crippen molar-refractivity contribution in [1.82, 2.24) is 4.98 Å². The zero-order valence-electron chi connectivity index (χ0n) is 12.7. The Morgan fingerprint density at radius 3 is 2.67 bits per heavy atom. The minimum atomic E-state index is -3.89. The first kappa shape index (κ1) is 15.8. The topological polar surface area (TPSA) is 92.1 Å². The average molecular weight is 339 g/mol. The maximum atomic E-state index is 12.8. The number of hydrogen-bond acceptors (Lipinski definition) is 5. The number of nitrogens with one attached hydrogen (secondary N) is 1. The van der Waals surface area contributed by atoms with Crippen LogP contribution in [0.15, 0.2) is 59.6 Å². The molecule has 0 bridgehead atoms. The lowest BCUT2D eigenvalue weighted by molar-refractivity contribution is 0.418. The standard InChI is InChI=1S/C17H13N3O3S/c1-23-15-8-9-16(13-6-4-10-19-17(13)15)24(21,22)20-14-7-3-2-5-12(14)11-18/h2-10,20H,1H3. The van der Waals surface area contributed by atoms with E-state index in [1.807, 2.05) is 6.07 Å². The molecule has 120 valence electrons. The van der Waals surface area contributed by atoms with E-state index in [-0.39, 0.29) is 16.1 Å². The van der Waals surface area contributed by atoms with Crippen LogP contribution < -0.4 is 9.46 Å². The summed E-state index contributed by atoms with van der Waals surface area (Å²) < 4.78 is 33.3. The second kappa shape index (κ2) is 6.18. The van der Waals surface area contributed by atoms with Crippen molar-refractivity contribution in [2.75, 3.05) is 11.8 Å². The molecule has 0 saturated carbocycles. The van der Waals surface area contributed by atoms with Crippen molar-refractivity contribution in [3.8, 4) is 11.8 Å². The monoisotopic (exact) mass is 339 g/mol. The molecule has 0 radical (unpaired) electrons. The number of fused-ring (bicyclic) bond motifs is 1. The molecule has 0 spiro atoms. The quantitative estimate of drug-likeness (QED) is 0.789. The number of hydrogen-bond donors (Lipinski definition) is 1. The second-order valence-corrected chi connectivity index (χ2v) is 6.58. The second-order valence-electron chi connectivity index (χ2n) is 4.93. The highest BCUT2D eigenvalue weighted by Gasteiger charge is 2.20. The molecular weight excluding hydrogens is 326 g/mol. The van der Waals surface area contributed by atoms with Crippen LogP contribution in [0.1, 0.15) is 5.56 Å². The maximum absolute atomic E-state index is 12.8. The predicted octanol–water partition coefficient (Wildman–Crippen LogP) is 2.92. The zero-order valence-corrected chi connectivity index (χ0v) is 13.5. The highest BCUT2D eigenvalue weighted by atomic mass is 32.2. The van der Waals surface area contributed by atoms with Crippen molar-refractivity contribution in [3.63, 3.8) is 0 Å². The third-order valence-electron chi connectivity index (χ3n) is 3.49. The Kier molecular flexibility index (Phi) is 4.06. The normalized spacial score (nSPS) is 11.0. The van der Waals surface area contributed by atoms with Crippen LogP contribution in [0.2, 0.25) is 0 Å². The summed E-state index contributed by atoms with van der Waals surface area (Å²) in [7, 11) is -2.40. The van der Waals surface area contributed by atoms with Crippen molar-refractivity contribution in [3.05, 3.63) is 60.3 Å². The van der Waals surface area contributed by atoms with E-state index < -0.39 is 10.0 Å². The summed E-state index contributed by atoms with van der Waals surface area (Å²) in [6.07, 6.45) is 1.57. The van der Waals surface area contributed by atoms with E-state index in [1.54, 1.807) is 48.7 Å². The van der Waals surface area contributed by atoms with Gasteiger partial charge in [-0.1, -0.05) is 12.1 Å². The van der Waals surface area contributed by atoms with E-state index in [2.05, 4.69) is 9.71 Å². The molecule has 0 saturated heterocycles. The van der Waals surface area contributed by atoms with Crippen molar-refractivity contribution >= 4 is 26.6 Å². The van der Waals surface area contributed by atoms with E-state index >= 15 is 0 Å². The molecule has 0 amide bonds. The molecule has 24 heavy (non-hydrogen) atoms. The zero-order chi connectivity index (χ0) is 17.2. The van der Waals surface area contributed by atoms with Gasteiger partial charge < -0.3 is 4.74 Å². The van der Waals surface area contributed by atoms with Gasteiger partial charge in [-0.3, -0.25) is 9.71 Å². The number of aromatic nitrogens is 1. The summed E-state index contributed by atoms with van der Waals surface area (Å²) in [4.78, 5) is 4.27. The number of sulfonamides is 1. The van der Waals surface area contributed by atoms with Crippen LogP contribution in [0.4, 0.5) is 5.69 Å². The van der Waals surface area contributed by atoms with Crippen LogP contribution in [-0.4, -0.2) is 20.5 Å². The van der Waals surface area contributed by atoms with Gasteiger partial charge in [-0.25, -0.2) is 8.42 Å². The number of nitriles is 1. The summed E-state index contributed by atoms with van der Waals surface area (Å²) in [5.41, 5.74) is 0.932. The fourth-order valence-corrected chi connectivity index (χ4v) is 3.67. The van der Waals surface area contributed by atoms with Gasteiger partial charge in [0.15, 0.2) is 0 Å². The smallest absolute Gasteiger partial charge is 0.262 e. The molecule has 7 heteroatoms. The number of ether oxygens (including phenoxy) is 1. The maximum Gasteiger partial charge on any atom is 0.262 e. The average Bonchev–Trinajstić information content (AvgIpc) is 2.60. The van der Waals surface area contributed by atoms with E-state index in [0.717, 1.165) is 0 Å². The molecule has 0 aliphatic carbocycles. The van der Waals surface area contributed by atoms with E-state index in [9.17, 15) is 8.42 Å². The van der Waals surface area contributed by atoms with Crippen LogP contribution in [-0.2, 0) is 10.0 Å². The Balaban J connectivity index is 2.15.